The lowest BCUT2D eigenvalue weighted by atomic mass is 10.0. The Kier molecular flexibility index (Phi) is 3.90. The fourth-order valence-electron chi connectivity index (χ4n) is 3.54. The molecule has 7 nitrogen and oxygen atoms in total. The summed E-state index contributed by atoms with van der Waals surface area (Å²) in [6.45, 7) is 0.132. The van der Waals surface area contributed by atoms with Gasteiger partial charge < -0.3 is 9.30 Å². The highest BCUT2D eigenvalue weighted by atomic mass is 32.2. The summed E-state index contributed by atoms with van der Waals surface area (Å²) >= 11 is 0. The Hall–Kier alpha value is -1.77. The van der Waals surface area contributed by atoms with E-state index in [1.807, 2.05) is 41.9 Å². The van der Waals surface area contributed by atoms with Crippen LogP contribution in [0.4, 0.5) is 0 Å². The monoisotopic (exact) mass is 348 g/mol. The summed E-state index contributed by atoms with van der Waals surface area (Å²) in [5, 5.41) is 7.85. The zero-order valence-corrected chi connectivity index (χ0v) is 14.2. The van der Waals surface area contributed by atoms with E-state index in [9.17, 15) is 8.42 Å². The number of rotatable bonds is 5. The van der Waals surface area contributed by atoms with E-state index >= 15 is 0 Å². The number of benzene rings is 1. The number of hydrogen-bond donors (Lipinski definition) is 1. The van der Waals surface area contributed by atoms with Crippen LogP contribution in [0.3, 0.4) is 0 Å². The van der Waals surface area contributed by atoms with Gasteiger partial charge in [-0.25, -0.2) is 13.1 Å². The van der Waals surface area contributed by atoms with Gasteiger partial charge in [0, 0.05) is 12.6 Å². The Balaban J connectivity index is 1.48. The molecule has 2 aliphatic rings. The average molecular weight is 348 g/mol. The maximum atomic E-state index is 12.5. The number of fused-ring (bicyclic) bond motifs is 2. The van der Waals surface area contributed by atoms with Gasteiger partial charge in [-0.15, -0.1) is 10.2 Å². The molecule has 3 atom stereocenters. The zero-order valence-electron chi connectivity index (χ0n) is 13.4. The Morgan fingerprint density at radius 1 is 1.25 bits per heavy atom. The predicted octanol–water partition coefficient (Wildman–Crippen LogP) is 1.22. The fourth-order valence-corrected chi connectivity index (χ4v) is 5.16. The normalized spacial score (nSPS) is 26.1. The Bertz CT molecular complexity index is 834. The molecule has 1 N–H and O–H groups in total. The van der Waals surface area contributed by atoms with Crippen molar-refractivity contribution < 1.29 is 13.2 Å². The molecule has 0 aliphatic carbocycles. The van der Waals surface area contributed by atoms with Gasteiger partial charge in [0.15, 0.2) is 5.82 Å². The minimum Gasteiger partial charge on any atom is -0.374 e. The first-order chi connectivity index (χ1) is 11.5. The number of hydrogen-bond acceptors (Lipinski definition) is 5. The number of aromatic nitrogens is 3. The van der Waals surface area contributed by atoms with Crippen molar-refractivity contribution in [2.75, 3.05) is 0 Å². The molecule has 2 saturated heterocycles. The van der Waals surface area contributed by atoms with E-state index in [1.165, 1.54) is 0 Å². The first-order valence-electron chi connectivity index (χ1n) is 8.12. The minimum absolute atomic E-state index is 0.107. The third-order valence-corrected chi connectivity index (χ3v) is 6.72. The van der Waals surface area contributed by atoms with Crippen molar-refractivity contribution >= 4 is 10.0 Å². The lowest BCUT2D eigenvalue weighted by molar-refractivity contribution is 0.105. The Morgan fingerprint density at radius 2 is 2.04 bits per heavy atom. The van der Waals surface area contributed by atoms with Crippen LogP contribution in [0.2, 0.25) is 0 Å². The van der Waals surface area contributed by atoms with Gasteiger partial charge in [-0.05, 0) is 19.3 Å². The van der Waals surface area contributed by atoms with E-state index in [4.69, 9.17) is 4.74 Å². The van der Waals surface area contributed by atoms with Crippen LogP contribution in [-0.2, 0) is 28.4 Å². The fraction of sp³-hybridized carbons (Fsp3) is 0.500. The van der Waals surface area contributed by atoms with Gasteiger partial charge in [0.2, 0.25) is 10.0 Å². The molecule has 3 unspecified atom stereocenters. The zero-order chi connectivity index (χ0) is 16.7. The number of nitrogens with one attached hydrogen (secondary N) is 1. The smallest absolute Gasteiger partial charge is 0.217 e. The molecule has 0 spiro atoms. The SMILES string of the molecule is Cn1c(CNS(=O)(=O)C2CC3CCC2O3)nnc1-c1ccccc1. The second kappa shape index (κ2) is 5.94. The van der Waals surface area contributed by atoms with Crippen molar-refractivity contribution in [1.82, 2.24) is 19.5 Å². The first kappa shape index (κ1) is 15.7. The van der Waals surface area contributed by atoms with E-state index in [-0.39, 0.29) is 18.8 Å². The molecule has 0 saturated carbocycles. The van der Waals surface area contributed by atoms with Crippen molar-refractivity contribution in [3.8, 4) is 11.4 Å². The molecule has 3 heterocycles. The van der Waals surface area contributed by atoms with Crippen LogP contribution in [0, 0.1) is 0 Å². The molecule has 2 aromatic rings. The Morgan fingerprint density at radius 3 is 2.71 bits per heavy atom. The summed E-state index contributed by atoms with van der Waals surface area (Å²) < 4.78 is 35.2. The third kappa shape index (κ3) is 2.74. The second-order valence-electron chi connectivity index (χ2n) is 6.38. The molecular formula is C16H20N4O3S. The van der Waals surface area contributed by atoms with Crippen LogP contribution in [0.1, 0.15) is 25.1 Å². The Labute approximate surface area is 141 Å². The number of ether oxygens (including phenoxy) is 1. The molecule has 2 fully saturated rings. The van der Waals surface area contributed by atoms with Crippen LogP contribution in [0.25, 0.3) is 11.4 Å². The first-order valence-corrected chi connectivity index (χ1v) is 9.67. The maximum absolute atomic E-state index is 12.5. The molecule has 0 radical (unpaired) electrons. The van der Waals surface area contributed by atoms with Gasteiger partial charge in [0.1, 0.15) is 11.1 Å². The summed E-state index contributed by atoms with van der Waals surface area (Å²) in [4.78, 5) is 0. The van der Waals surface area contributed by atoms with Crippen LogP contribution < -0.4 is 4.72 Å². The van der Waals surface area contributed by atoms with Crippen LogP contribution >= 0.6 is 0 Å². The summed E-state index contributed by atoms with van der Waals surface area (Å²) in [6.07, 6.45) is 2.34. The standard InChI is InChI=1S/C16H20N4O3S/c1-20-15(18-19-16(20)11-5-3-2-4-6-11)10-17-24(21,22)14-9-12-7-8-13(14)23-12/h2-6,12-14,17H,7-10H2,1H3. The van der Waals surface area contributed by atoms with E-state index in [0.717, 1.165) is 18.4 Å². The lowest BCUT2D eigenvalue weighted by Crippen LogP contribution is -2.40. The van der Waals surface area contributed by atoms with Gasteiger partial charge >= 0.3 is 0 Å². The molecule has 128 valence electrons. The van der Waals surface area contributed by atoms with Crippen LogP contribution in [0.5, 0.6) is 0 Å². The van der Waals surface area contributed by atoms with Gasteiger partial charge in [0.25, 0.3) is 0 Å². The molecule has 2 aliphatic heterocycles. The second-order valence-corrected chi connectivity index (χ2v) is 8.36. The lowest BCUT2D eigenvalue weighted by Gasteiger charge is -2.19. The highest BCUT2D eigenvalue weighted by molar-refractivity contribution is 7.90. The topological polar surface area (TPSA) is 86.1 Å². The van der Waals surface area contributed by atoms with Crippen molar-refractivity contribution in [3.05, 3.63) is 36.2 Å². The summed E-state index contributed by atoms with van der Waals surface area (Å²) in [5.74, 6) is 1.30. The maximum Gasteiger partial charge on any atom is 0.217 e. The van der Waals surface area contributed by atoms with Crippen molar-refractivity contribution in [1.29, 1.82) is 0 Å². The van der Waals surface area contributed by atoms with Crippen molar-refractivity contribution in [3.63, 3.8) is 0 Å². The van der Waals surface area contributed by atoms with Crippen LogP contribution in [-0.4, -0.2) is 40.6 Å². The van der Waals surface area contributed by atoms with E-state index in [1.54, 1.807) is 0 Å². The predicted molar refractivity (Wildman–Crippen MR) is 88.5 cm³/mol. The summed E-state index contributed by atoms with van der Waals surface area (Å²) in [7, 11) is -1.58. The molecule has 1 aromatic heterocycles. The molecule has 2 bridgehead atoms. The number of nitrogens with zero attached hydrogens (tertiary/aromatic N) is 3. The highest BCUT2D eigenvalue weighted by Gasteiger charge is 2.47. The van der Waals surface area contributed by atoms with Crippen LogP contribution in [0.15, 0.2) is 30.3 Å². The highest BCUT2D eigenvalue weighted by Crippen LogP contribution is 2.37. The quantitative estimate of drug-likeness (QED) is 0.878. The summed E-state index contributed by atoms with van der Waals surface area (Å²) in [6, 6.07) is 9.70. The largest absolute Gasteiger partial charge is 0.374 e. The molecule has 0 amide bonds. The van der Waals surface area contributed by atoms with E-state index in [2.05, 4.69) is 14.9 Å². The van der Waals surface area contributed by atoms with Gasteiger partial charge in [-0.1, -0.05) is 30.3 Å². The molecule has 1 aromatic carbocycles. The molecule has 8 heteroatoms. The summed E-state index contributed by atoms with van der Waals surface area (Å²) in [5.41, 5.74) is 0.947. The van der Waals surface area contributed by atoms with Crippen molar-refractivity contribution in [2.45, 2.75) is 43.3 Å². The average Bonchev–Trinajstić information content (AvgIpc) is 3.30. The van der Waals surface area contributed by atoms with E-state index < -0.39 is 15.3 Å². The molecule has 4 rings (SSSR count). The van der Waals surface area contributed by atoms with E-state index in [0.29, 0.717) is 18.1 Å². The van der Waals surface area contributed by atoms with Crippen molar-refractivity contribution in [2.24, 2.45) is 7.05 Å². The van der Waals surface area contributed by atoms with Gasteiger partial charge in [-0.3, -0.25) is 0 Å². The van der Waals surface area contributed by atoms with Gasteiger partial charge in [0.05, 0.1) is 18.8 Å². The molecule has 24 heavy (non-hydrogen) atoms. The number of sulfonamides is 1. The van der Waals surface area contributed by atoms with Gasteiger partial charge in [-0.2, -0.15) is 0 Å². The minimum atomic E-state index is -3.42. The third-order valence-electron chi connectivity index (χ3n) is 4.88. The molecular weight excluding hydrogens is 328 g/mol.